The molecule has 0 spiro atoms. The molecule has 2 fully saturated rings. The summed E-state index contributed by atoms with van der Waals surface area (Å²) in [6, 6.07) is 97.2. The predicted molar refractivity (Wildman–Crippen MR) is 389 cm³/mol. The highest BCUT2D eigenvalue weighted by molar-refractivity contribution is 7.97. The molecule has 2 saturated carbocycles. The first-order valence-corrected chi connectivity index (χ1v) is 37.9. The summed E-state index contributed by atoms with van der Waals surface area (Å²) >= 11 is 0. The first-order valence-electron chi connectivity index (χ1n) is 32.3. The molecule has 2 aliphatic carbocycles. The Morgan fingerprint density at radius 1 is 0.300 bits per heavy atom. The van der Waals surface area contributed by atoms with Crippen molar-refractivity contribution in [3.8, 4) is 0 Å². The van der Waals surface area contributed by atoms with Crippen LogP contribution in [0.15, 0.2) is 306 Å². The maximum atomic E-state index is 2.39. The van der Waals surface area contributed by atoms with Crippen molar-refractivity contribution in [3.05, 3.63) is 278 Å². The van der Waals surface area contributed by atoms with Gasteiger partial charge in [-0.05, 0) is 189 Å². The molecule has 8 heteroatoms. The Hall–Kier alpha value is -5.78. The summed E-state index contributed by atoms with van der Waals surface area (Å²) in [4.78, 5) is 11.8. The van der Waals surface area contributed by atoms with Crippen LogP contribution in [0.2, 0.25) is 0 Å². The molecular formula is C82H104O4S4. The number of benzene rings is 9. The maximum absolute atomic E-state index is 2.39. The topological polar surface area (TPSA) is 120 Å². The van der Waals surface area contributed by atoms with Crippen LogP contribution in [0.5, 0.6) is 0 Å². The lowest BCUT2D eigenvalue weighted by Crippen LogP contribution is -2.24. The summed E-state index contributed by atoms with van der Waals surface area (Å²) in [5.74, 6) is 11.7. The minimum Gasteiger partial charge on any atom is -0.870 e. The van der Waals surface area contributed by atoms with Gasteiger partial charge in [0, 0.05) is 17.4 Å². The van der Waals surface area contributed by atoms with Crippen LogP contribution in [0.3, 0.4) is 0 Å². The molecule has 2 aliphatic rings. The van der Waals surface area contributed by atoms with Crippen LogP contribution in [-0.4, -0.2) is 39.2 Å². The fraction of sp³-hybridized carbons (Fsp3) is 0.341. The summed E-state index contributed by atoms with van der Waals surface area (Å²) in [5, 5.41) is 0. The second-order valence-corrected chi connectivity index (χ2v) is 33.3. The van der Waals surface area contributed by atoms with Crippen molar-refractivity contribution in [2.24, 2.45) is 41.4 Å². The van der Waals surface area contributed by atoms with Crippen molar-refractivity contribution in [2.45, 2.75) is 158 Å². The molecule has 11 rings (SSSR count). The first-order chi connectivity index (χ1) is 42.0. The Morgan fingerprint density at radius 3 is 0.867 bits per heavy atom. The van der Waals surface area contributed by atoms with Gasteiger partial charge in [0.2, 0.25) is 0 Å². The van der Waals surface area contributed by atoms with Gasteiger partial charge in [0.15, 0.2) is 39.2 Å². The van der Waals surface area contributed by atoms with Crippen molar-refractivity contribution in [1.82, 2.24) is 0 Å². The highest BCUT2D eigenvalue weighted by Crippen LogP contribution is 2.40. The van der Waals surface area contributed by atoms with E-state index < -0.39 is 0 Å². The van der Waals surface area contributed by atoms with Gasteiger partial charge in [-0.25, -0.2) is 0 Å². The molecule has 0 bridgehead atoms. The fourth-order valence-corrected chi connectivity index (χ4v) is 21.3. The second-order valence-electron chi connectivity index (χ2n) is 25.0. The van der Waals surface area contributed by atoms with E-state index in [-0.39, 0.29) is 65.5 Å². The van der Waals surface area contributed by atoms with Crippen molar-refractivity contribution >= 4 is 43.6 Å². The van der Waals surface area contributed by atoms with Crippen molar-refractivity contribution in [3.63, 3.8) is 0 Å². The third kappa shape index (κ3) is 24.7. The fourth-order valence-electron chi connectivity index (χ4n) is 11.9. The molecule has 9 aromatic carbocycles. The Bertz CT molecular complexity index is 3030. The van der Waals surface area contributed by atoms with E-state index in [2.05, 4.69) is 322 Å². The molecule has 0 heterocycles. The van der Waals surface area contributed by atoms with E-state index in [4.69, 9.17) is 0 Å². The summed E-state index contributed by atoms with van der Waals surface area (Å²) < 4.78 is 0. The zero-order chi connectivity index (χ0) is 60.3. The largest absolute Gasteiger partial charge is 0.870 e. The van der Waals surface area contributed by atoms with E-state index >= 15 is 0 Å². The first kappa shape index (κ1) is 76.7. The van der Waals surface area contributed by atoms with E-state index in [9.17, 15) is 0 Å². The van der Waals surface area contributed by atoms with Gasteiger partial charge in [-0.15, -0.1) is 0 Å². The van der Waals surface area contributed by atoms with Gasteiger partial charge in [0.05, 0.1) is 43.6 Å². The summed E-state index contributed by atoms with van der Waals surface area (Å²) in [5.41, 5.74) is 2.82. The third-order valence-electron chi connectivity index (χ3n) is 17.2. The van der Waals surface area contributed by atoms with Crippen LogP contribution < -0.4 is 0 Å². The number of rotatable bonds is 20. The summed E-state index contributed by atoms with van der Waals surface area (Å²) in [6.07, 6.45) is 11.3. The molecular weight excluding hydrogens is 1180 g/mol. The molecule has 0 amide bonds. The molecule has 90 heavy (non-hydrogen) atoms. The zero-order valence-electron chi connectivity index (χ0n) is 54.9. The Balaban J connectivity index is 0.000000254. The molecule has 0 radical (unpaired) electrons. The monoisotopic (exact) mass is 1280 g/mol. The minimum atomic E-state index is 0. The van der Waals surface area contributed by atoms with Gasteiger partial charge < -0.3 is 21.9 Å². The van der Waals surface area contributed by atoms with Crippen LogP contribution in [-0.2, 0) is 49.3 Å². The molecule has 9 aromatic rings. The molecule has 0 saturated heterocycles. The van der Waals surface area contributed by atoms with E-state index in [1.54, 1.807) is 0 Å². The van der Waals surface area contributed by atoms with Crippen LogP contribution in [0.25, 0.3) is 0 Å². The van der Waals surface area contributed by atoms with Gasteiger partial charge in [-0.1, -0.05) is 225 Å². The van der Waals surface area contributed by atoms with E-state index in [1.165, 1.54) is 119 Å². The molecule has 0 aromatic heterocycles. The van der Waals surface area contributed by atoms with Crippen LogP contribution >= 0.6 is 0 Å². The smallest absolute Gasteiger partial charge is 0.161 e. The predicted octanol–water partition coefficient (Wildman–Crippen LogP) is 22.1. The molecule has 2 atom stereocenters. The number of hydrogen-bond acceptors (Lipinski definition) is 4. The van der Waals surface area contributed by atoms with E-state index in [0.29, 0.717) is 5.92 Å². The minimum absolute atomic E-state index is 0. The lowest BCUT2D eigenvalue weighted by molar-refractivity contribution is 0.236. The lowest BCUT2D eigenvalue weighted by atomic mass is 9.77. The van der Waals surface area contributed by atoms with Gasteiger partial charge in [0.1, 0.15) is 23.0 Å². The van der Waals surface area contributed by atoms with Crippen LogP contribution in [0.1, 0.15) is 124 Å². The summed E-state index contributed by atoms with van der Waals surface area (Å²) in [7, 11) is 0.769. The van der Waals surface area contributed by atoms with Gasteiger partial charge in [-0.3, -0.25) is 0 Å². The van der Waals surface area contributed by atoms with Crippen LogP contribution in [0, 0.1) is 41.4 Å². The summed E-state index contributed by atoms with van der Waals surface area (Å²) in [6.45, 7) is 18.7. The molecule has 4 N–H and O–H groups in total. The normalized spacial score (nSPS) is 15.9. The van der Waals surface area contributed by atoms with E-state index in [0.717, 1.165) is 47.2 Å². The SMILES string of the molecule is CC(C)C1CCC(C[S+](c2ccccc2)c2ccccc2)C1.CC(C)C1CCC(C[S+](c2ccccc2)c2ccccc2)CC1.CC(C)CC[S+](c1ccccc1)c1ccccc1.CC(C)c1ccc(C[S+](c2ccccc2)c2ccccc2)cc1.[OH-].[OH-].[OH-].[OH-]. The molecule has 2 unspecified atom stereocenters. The maximum Gasteiger partial charge on any atom is 0.161 e. The van der Waals surface area contributed by atoms with Crippen molar-refractivity contribution < 1.29 is 21.9 Å². The standard InChI is InChI=1S/C22H29S.C22H23S.C21H27S.C17H21S.4H2O/c2*1-18(2)20-15-13-19(14-16-20)17-23(21-9-5-3-6-10-21)22-11-7-4-8-12-22;1-17(2)19-14-13-18(15-19)16-22(20-9-5-3-6-10-20)21-11-7-4-8-12-21;1-15(2)13-14-18(16-9-5-3-6-10-16)17-11-7-4-8-12-17;;;;/h3-12,18-20H,13-17H2,1-2H3;3-16,18H,17H2,1-2H3;3-12,17-19H,13-16H2,1-2H3;3-12,15H,13-14H2,1-2H3;4*1H2/q4*+1;;;;/p-4. The second kappa shape index (κ2) is 41.7. The Labute approximate surface area is 555 Å². The molecule has 0 aliphatic heterocycles. The number of hydrogen-bond donors (Lipinski definition) is 0. The third-order valence-corrected chi connectivity index (χ3v) is 26.8. The van der Waals surface area contributed by atoms with E-state index in [1.807, 2.05) is 0 Å². The lowest BCUT2D eigenvalue weighted by Gasteiger charge is -2.30. The van der Waals surface area contributed by atoms with Gasteiger partial charge >= 0.3 is 0 Å². The Morgan fingerprint density at radius 2 is 0.578 bits per heavy atom. The zero-order valence-corrected chi connectivity index (χ0v) is 58.2. The average molecular weight is 1280 g/mol. The van der Waals surface area contributed by atoms with Gasteiger partial charge in [0.25, 0.3) is 0 Å². The molecule has 4 nitrogen and oxygen atoms in total. The molecule has 480 valence electrons. The van der Waals surface area contributed by atoms with Gasteiger partial charge in [-0.2, -0.15) is 0 Å². The Kier molecular flexibility index (Phi) is 35.5. The van der Waals surface area contributed by atoms with Crippen molar-refractivity contribution in [2.75, 3.05) is 17.3 Å². The van der Waals surface area contributed by atoms with Crippen molar-refractivity contribution in [1.29, 1.82) is 0 Å². The average Bonchev–Trinajstić information content (AvgIpc) is 4.27. The quantitative estimate of drug-likeness (QED) is 0.0706. The van der Waals surface area contributed by atoms with Crippen LogP contribution in [0.4, 0.5) is 0 Å². The highest BCUT2D eigenvalue weighted by atomic mass is 32.2. The highest BCUT2D eigenvalue weighted by Gasteiger charge is 2.36.